The number of hydrogen-bond donors (Lipinski definition) is 1. The summed E-state index contributed by atoms with van der Waals surface area (Å²) < 4.78 is 18.4. The molecule has 0 spiro atoms. The first kappa shape index (κ1) is 11.9. The van der Waals surface area contributed by atoms with Gasteiger partial charge in [0.25, 0.3) is 0 Å². The number of para-hydroxylation sites is 2. The molecule has 4 heteroatoms. The van der Waals surface area contributed by atoms with Gasteiger partial charge in [0.15, 0.2) is 11.5 Å². The van der Waals surface area contributed by atoms with Crippen LogP contribution < -0.4 is 4.74 Å². The molecule has 0 aliphatic heterocycles. The van der Waals surface area contributed by atoms with Crippen molar-refractivity contribution in [2.45, 2.75) is 6.61 Å². The lowest BCUT2D eigenvalue weighted by molar-refractivity contribution is 0.288. The highest BCUT2D eigenvalue weighted by molar-refractivity contribution is 5.40. The number of nitrogens with zero attached hydrogens (tertiary/aromatic N) is 1. The standard InChI is InChI=1S/C14H10FNO2/c15-12-6-5-10(8-16)11(7-12)9-18-14-4-2-1-3-13(14)17/h1-7,17H,9H2. The molecular formula is C14H10FNO2. The Labute approximate surface area is 104 Å². The fourth-order valence-electron chi connectivity index (χ4n) is 1.53. The summed E-state index contributed by atoms with van der Waals surface area (Å²) in [4.78, 5) is 0. The molecule has 0 heterocycles. The second-order valence-electron chi connectivity index (χ2n) is 3.67. The lowest BCUT2D eigenvalue weighted by Crippen LogP contribution is -1.99. The summed E-state index contributed by atoms with van der Waals surface area (Å²) in [5.74, 6) is -0.122. The van der Waals surface area contributed by atoms with E-state index >= 15 is 0 Å². The predicted molar refractivity (Wildman–Crippen MR) is 63.6 cm³/mol. The van der Waals surface area contributed by atoms with E-state index in [1.807, 2.05) is 6.07 Å². The third-order valence-electron chi connectivity index (χ3n) is 2.44. The maximum Gasteiger partial charge on any atom is 0.161 e. The molecule has 18 heavy (non-hydrogen) atoms. The second kappa shape index (κ2) is 5.19. The van der Waals surface area contributed by atoms with Gasteiger partial charge < -0.3 is 9.84 Å². The van der Waals surface area contributed by atoms with E-state index < -0.39 is 5.82 Å². The fourth-order valence-corrected chi connectivity index (χ4v) is 1.53. The van der Waals surface area contributed by atoms with E-state index in [1.165, 1.54) is 24.3 Å². The maximum absolute atomic E-state index is 13.1. The molecule has 0 fully saturated rings. The zero-order valence-corrected chi connectivity index (χ0v) is 9.43. The molecule has 0 bridgehead atoms. The van der Waals surface area contributed by atoms with Gasteiger partial charge in [-0.25, -0.2) is 4.39 Å². The molecule has 0 aliphatic rings. The van der Waals surface area contributed by atoms with Gasteiger partial charge in [-0.15, -0.1) is 0 Å². The Bertz CT molecular complexity index is 605. The lowest BCUT2D eigenvalue weighted by atomic mass is 10.1. The van der Waals surface area contributed by atoms with Crippen LogP contribution in [0.5, 0.6) is 11.5 Å². The minimum Gasteiger partial charge on any atom is -0.504 e. The van der Waals surface area contributed by atoms with Crippen LogP contribution in [-0.2, 0) is 6.61 Å². The number of rotatable bonds is 3. The highest BCUT2D eigenvalue weighted by Crippen LogP contribution is 2.25. The van der Waals surface area contributed by atoms with Crippen LogP contribution >= 0.6 is 0 Å². The van der Waals surface area contributed by atoms with Crippen molar-refractivity contribution in [2.75, 3.05) is 0 Å². The van der Waals surface area contributed by atoms with Crippen LogP contribution in [0.25, 0.3) is 0 Å². The lowest BCUT2D eigenvalue weighted by Gasteiger charge is -2.08. The van der Waals surface area contributed by atoms with Gasteiger partial charge in [-0.05, 0) is 30.3 Å². The molecule has 90 valence electrons. The minimum absolute atomic E-state index is 0.00686. The first-order valence-electron chi connectivity index (χ1n) is 5.30. The summed E-state index contributed by atoms with van der Waals surface area (Å²) in [6.45, 7) is 0.0260. The van der Waals surface area contributed by atoms with Gasteiger partial charge in [0.1, 0.15) is 12.4 Å². The number of phenolic OH excluding ortho intramolecular Hbond substituents is 1. The van der Waals surface area contributed by atoms with Crippen molar-refractivity contribution in [3.8, 4) is 17.6 Å². The second-order valence-corrected chi connectivity index (χ2v) is 3.67. The number of ether oxygens (including phenoxy) is 1. The minimum atomic E-state index is -0.426. The molecule has 2 aromatic rings. The Balaban J connectivity index is 2.18. The molecule has 0 saturated carbocycles. The van der Waals surface area contributed by atoms with Crippen molar-refractivity contribution >= 4 is 0 Å². The normalized spacial score (nSPS) is 9.78. The van der Waals surface area contributed by atoms with E-state index in [4.69, 9.17) is 10.00 Å². The molecular weight excluding hydrogens is 233 g/mol. The molecule has 0 saturated heterocycles. The number of halogens is 1. The van der Waals surface area contributed by atoms with Gasteiger partial charge in [0.2, 0.25) is 0 Å². The van der Waals surface area contributed by atoms with E-state index in [0.29, 0.717) is 16.9 Å². The van der Waals surface area contributed by atoms with Gasteiger partial charge in [0.05, 0.1) is 11.6 Å². The zero-order valence-electron chi connectivity index (χ0n) is 9.43. The summed E-state index contributed by atoms with van der Waals surface area (Å²) >= 11 is 0. The largest absolute Gasteiger partial charge is 0.504 e. The Kier molecular flexibility index (Phi) is 3.44. The molecule has 0 unspecified atom stereocenters. The summed E-state index contributed by atoms with van der Waals surface area (Å²) in [5, 5.41) is 18.4. The Morgan fingerprint density at radius 3 is 2.72 bits per heavy atom. The summed E-state index contributed by atoms with van der Waals surface area (Å²) in [6, 6.07) is 12.3. The molecule has 1 N–H and O–H groups in total. The van der Waals surface area contributed by atoms with Crippen LogP contribution in [0.2, 0.25) is 0 Å². The molecule has 0 atom stereocenters. The molecule has 0 aliphatic carbocycles. The van der Waals surface area contributed by atoms with Crippen LogP contribution in [0.3, 0.4) is 0 Å². The highest BCUT2D eigenvalue weighted by Gasteiger charge is 2.06. The van der Waals surface area contributed by atoms with E-state index in [1.54, 1.807) is 18.2 Å². The average molecular weight is 243 g/mol. The monoisotopic (exact) mass is 243 g/mol. The summed E-state index contributed by atoms with van der Waals surface area (Å²) in [6.07, 6.45) is 0. The SMILES string of the molecule is N#Cc1ccc(F)cc1COc1ccccc1O. The van der Waals surface area contributed by atoms with Crippen LogP contribution in [0.4, 0.5) is 4.39 Å². The molecule has 3 nitrogen and oxygen atoms in total. The van der Waals surface area contributed by atoms with Crippen molar-refractivity contribution < 1.29 is 14.2 Å². The van der Waals surface area contributed by atoms with E-state index in [9.17, 15) is 9.50 Å². The molecule has 2 rings (SSSR count). The van der Waals surface area contributed by atoms with Crippen LogP contribution in [-0.4, -0.2) is 5.11 Å². The first-order chi connectivity index (χ1) is 8.70. The Morgan fingerprint density at radius 2 is 2.00 bits per heavy atom. The third-order valence-corrected chi connectivity index (χ3v) is 2.44. The van der Waals surface area contributed by atoms with Crippen molar-refractivity contribution in [2.24, 2.45) is 0 Å². The van der Waals surface area contributed by atoms with Crippen LogP contribution in [0.1, 0.15) is 11.1 Å². The summed E-state index contributed by atoms with van der Waals surface area (Å²) in [5.41, 5.74) is 0.799. The molecule has 0 amide bonds. The van der Waals surface area contributed by atoms with E-state index in [2.05, 4.69) is 0 Å². The average Bonchev–Trinajstić information content (AvgIpc) is 2.38. The highest BCUT2D eigenvalue weighted by atomic mass is 19.1. The Hall–Kier alpha value is -2.54. The van der Waals surface area contributed by atoms with Gasteiger partial charge in [-0.3, -0.25) is 0 Å². The zero-order chi connectivity index (χ0) is 13.0. The fraction of sp³-hybridized carbons (Fsp3) is 0.0714. The van der Waals surface area contributed by atoms with Crippen molar-refractivity contribution in [1.82, 2.24) is 0 Å². The van der Waals surface area contributed by atoms with Gasteiger partial charge in [0, 0.05) is 5.56 Å². The summed E-state index contributed by atoms with van der Waals surface area (Å²) in [7, 11) is 0. The smallest absolute Gasteiger partial charge is 0.161 e. The van der Waals surface area contributed by atoms with Gasteiger partial charge >= 0.3 is 0 Å². The number of nitriles is 1. The number of aromatic hydroxyl groups is 1. The van der Waals surface area contributed by atoms with Crippen molar-refractivity contribution in [3.05, 3.63) is 59.4 Å². The van der Waals surface area contributed by atoms with E-state index in [0.717, 1.165) is 0 Å². The van der Waals surface area contributed by atoms with Gasteiger partial charge in [-0.1, -0.05) is 12.1 Å². The molecule has 2 aromatic carbocycles. The van der Waals surface area contributed by atoms with Crippen LogP contribution in [0.15, 0.2) is 42.5 Å². The van der Waals surface area contributed by atoms with Crippen molar-refractivity contribution in [3.63, 3.8) is 0 Å². The third kappa shape index (κ3) is 2.58. The number of hydrogen-bond acceptors (Lipinski definition) is 3. The number of benzene rings is 2. The van der Waals surface area contributed by atoms with E-state index in [-0.39, 0.29) is 12.4 Å². The molecule has 0 radical (unpaired) electrons. The van der Waals surface area contributed by atoms with Gasteiger partial charge in [-0.2, -0.15) is 5.26 Å². The Morgan fingerprint density at radius 1 is 1.22 bits per heavy atom. The topological polar surface area (TPSA) is 53.2 Å². The van der Waals surface area contributed by atoms with Crippen molar-refractivity contribution in [1.29, 1.82) is 5.26 Å². The predicted octanol–water partition coefficient (Wildman–Crippen LogP) is 2.98. The maximum atomic E-state index is 13.1. The molecule has 0 aromatic heterocycles. The first-order valence-corrected chi connectivity index (χ1v) is 5.30. The quantitative estimate of drug-likeness (QED) is 0.901. The number of phenols is 1. The van der Waals surface area contributed by atoms with Crippen LogP contribution in [0, 0.1) is 17.1 Å².